The lowest BCUT2D eigenvalue weighted by molar-refractivity contribution is 0.0479. The minimum Gasteiger partial charge on any atom is -0.453 e. The Kier molecular flexibility index (Phi) is 5.37. The summed E-state index contributed by atoms with van der Waals surface area (Å²) in [4.78, 5) is 46.3. The fourth-order valence-corrected chi connectivity index (χ4v) is 5.45. The number of thiophene rings is 1. The highest BCUT2D eigenvalue weighted by molar-refractivity contribution is 7.20. The third-order valence-electron chi connectivity index (χ3n) is 5.87. The van der Waals surface area contributed by atoms with Crippen molar-refractivity contribution in [1.29, 1.82) is 0 Å². The number of rotatable bonds is 5. The molecule has 5 rings (SSSR count). The zero-order valence-electron chi connectivity index (χ0n) is 18.8. The van der Waals surface area contributed by atoms with Crippen LogP contribution in [0.25, 0.3) is 32.4 Å². The Bertz CT molecular complexity index is 1640. The summed E-state index contributed by atoms with van der Waals surface area (Å²) in [6.45, 7) is 2.95. The number of aryl methyl sites for hydroxylation is 3. The molecule has 0 radical (unpaired) electrons. The van der Waals surface area contributed by atoms with Gasteiger partial charge < -0.3 is 14.3 Å². The second-order valence-electron chi connectivity index (χ2n) is 8.05. The number of aromatic amines is 1. The number of hydrogen-bond acceptors (Lipinski definition) is 6. The number of nitrogens with zero attached hydrogens (tertiary/aromatic N) is 2. The number of carbonyl (C=O) groups is 2. The SMILES string of the molecule is Cc1nc2sc(C(=O)OCC(=O)c3c(-c4ccccc4)n(C)c4ccccc34)c(C)c2c(=O)[nH]1. The number of esters is 1. The molecule has 0 spiro atoms. The normalized spacial score (nSPS) is 11.3. The van der Waals surface area contributed by atoms with Crippen molar-refractivity contribution in [2.45, 2.75) is 13.8 Å². The molecule has 0 saturated heterocycles. The molecule has 0 saturated carbocycles. The first-order valence-electron chi connectivity index (χ1n) is 10.7. The van der Waals surface area contributed by atoms with Crippen LogP contribution in [0.5, 0.6) is 0 Å². The smallest absolute Gasteiger partial charge is 0.349 e. The predicted molar refractivity (Wildman–Crippen MR) is 133 cm³/mol. The maximum Gasteiger partial charge on any atom is 0.349 e. The summed E-state index contributed by atoms with van der Waals surface area (Å²) >= 11 is 1.09. The van der Waals surface area contributed by atoms with E-state index in [0.717, 1.165) is 33.5 Å². The third kappa shape index (κ3) is 3.52. The van der Waals surface area contributed by atoms with E-state index in [-0.39, 0.29) is 16.2 Å². The quantitative estimate of drug-likeness (QED) is 0.294. The van der Waals surface area contributed by atoms with Gasteiger partial charge in [-0.15, -0.1) is 11.3 Å². The van der Waals surface area contributed by atoms with Gasteiger partial charge in [-0.05, 0) is 31.0 Å². The molecule has 5 aromatic rings. The molecule has 0 unspecified atom stereocenters. The van der Waals surface area contributed by atoms with Crippen molar-refractivity contribution in [3.8, 4) is 11.3 Å². The van der Waals surface area contributed by atoms with Gasteiger partial charge in [-0.2, -0.15) is 0 Å². The van der Waals surface area contributed by atoms with Crippen LogP contribution in [0, 0.1) is 13.8 Å². The molecule has 0 aliphatic rings. The summed E-state index contributed by atoms with van der Waals surface area (Å²) in [6.07, 6.45) is 0. The van der Waals surface area contributed by atoms with E-state index >= 15 is 0 Å². The molecule has 0 aliphatic heterocycles. The zero-order valence-corrected chi connectivity index (χ0v) is 19.7. The molecule has 34 heavy (non-hydrogen) atoms. The number of Topliss-reactive ketones (excluding diaryl/α,β-unsaturated/α-hetero) is 1. The van der Waals surface area contributed by atoms with Gasteiger partial charge in [-0.25, -0.2) is 9.78 Å². The molecular formula is C26H21N3O4S. The number of H-pyrrole nitrogens is 1. The standard InChI is InChI=1S/C26H21N3O4S/c1-14-20-24(31)27-15(2)28-25(20)34-23(14)26(32)33-13-19(30)21-17-11-7-8-12-18(17)29(3)22(21)16-9-5-4-6-10-16/h4-12H,13H2,1-3H3,(H,27,28,31). The van der Waals surface area contributed by atoms with Crippen LogP contribution in [-0.2, 0) is 11.8 Å². The molecule has 3 aromatic heterocycles. The number of carbonyl (C=O) groups excluding carboxylic acids is 2. The summed E-state index contributed by atoms with van der Waals surface area (Å²) in [5, 5.41) is 1.17. The molecular weight excluding hydrogens is 450 g/mol. The Balaban J connectivity index is 1.49. The van der Waals surface area contributed by atoms with Gasteiger partial charge in [0.05, 0.1) is 16.6 Å². The minimum absolute atomic E-state index is 0.271. The average Bonchev–Trinajstić information content (AvgIpc) is 3.32. The molecule has 0 aliphatic carbocycles. The molecule has 0 bridgehead atoms. The number of hydrogen-bond donors (Lipinski definition) is 1. The summed E-state index contributed by atoms with van der Waals surface area (Å²) in [5.74, 6) is -0.472. The van der Waals surface area contributed by atoms with Crippen molar-refractivity contribution in [1.82, 2.24) is 14.5 Å². The highest BCUT2D eigenvalue weighted by atomic mass is 32.1. The molecule has 2 aromatic carbocycles. The van der Waals surface area contributed by atoms with Crippen LogP contribution in [0.4, 0.5) is 0 Å². The fraction of sp³-hybridized carbons (Fsp3) is 0.154. The largest absolute Gasteiger partial charge is 0.453 e. The second kappa shape index (κ2) is 8.39. The van der Waals surface area contributed by atoms with Crippen LogP contribution >= 0.6 is 11.3 Å². The summed E-state index contributed by atoms with van der Waals surface area (Å²) in [7, 11) is 1.92. The van der Waals surface area contributed by atoms with Crippen LogP contribution in [0.1, 0.15) is 31.4 Å². The average molecular weight is 472 g/mol. The molecule has 7 nitrogen and oxygen atoms in total. The Morgan fingerprint density at radius 1 is 1.06 bits per heavy atom. The van der Waals surface area contributed by atoms with Crippen LogP contribution in [0.2, 0.25) is 0 Å². The highest BCUT2D eigenvalue weighted by Gasteiger charge is 2.25. The Hall–Kier alpha value is -4.04. The summed E-state index contributed by atoms with van der Waals surface area (Å²) < 4.78 is 7.43. The first-order chi connectivity index (χ1) is 16.4. The van der Waals surface area contributed by atoms with Crippen LogP contribution < -0.4 is 5.56 Å². The first-order valence-corrected chi connectivity index (χ1v) is 11.5. The molecule has 3 heterocycles. The lowest BCUT2D eigenvalue weighted by Gasteiger charge is -2.08. The Morgan fingerprint density at radius 2 is 1.76 bits per heavy atom. The highest BCUT2D eigenvalue weighted by Crippen LogP contribution is 2.34. The van der Waals surface area contributed by atoms with Crippen molar-refractivity contribution in [2.75, 3.05) is 6.61 Å². The maximum atomic E-state index is 13.4. The molecule has 1 N–H and O–H groups in total. The summed E-state index contributed by atoms with van der Waals surface area (Å²) in [5.41, 5.74) is 3.30. The molecule has 0 fully saturated rings. The van der Waals surface area contributed by atoms with Gasteiger partial charge in [0, 0.05) is 18.0 Å². The minimum atomic E-state index is -0.646. The second-order valence-corrected chi connectivity index (χ2v) is 9.05. The Labute approximate surface area is 198 Å². The van der Waals surface area contributed by atoms with E-state index in [0.29, 0.717) is 27.2 Å². The van der Waals surface area contributed by atoms with Crippen LogP contribution in [0.3, 0.4) is 0 Å². The monoisotopic (exact) mass is 471 g/mol. The predicted octanol–water partition coefficient (Wildman–Crippen LogP) is 4.80. The van der Waals surface area contributed by atoms with Crippen molar-refractivity contribution < 1.29 is 14.3 Å². The number of nitrogens with one attached hydrogen (secondary N) is 1. The van der Waals surface area contributed by atoms with E-state index in [1.807, 2.05) is 66.2 Å². The topological polar surface area (TPSA) is 94.0 Å². The van der Waals surface area contributed by atoms with Crippen molar-refractivity contribution in [3.05, 3.63) is 86.8 Å². The van der Waals surface area contributed by atoms with Crippen LogP contribution in [0.15, 0.2) is 59.4 Å². The van der Waals surface area contributed by atoms with Gasteiger partial charge in [-0.1, -0.05) is 48.5 Å². The van der Waals surface area contributed by atoms with E-state index in [1.54, 1.807) is 13.8 Å². The van der Waals surface area contributed by atoms with Gasteiger partial charge in [0.1, 0.15) is 15.5 Å². The molecule has 170 valence electrons. The number of ether oxygens (including phenoxy) is 1. The van der Waals surface area contributed by atoms with Gasteiger partial charge in [0.15, 0.2) is 6.61 Å². The van der Waals surface area contributed by atoms with Gasteiger partial charge in [0.2, 0.25) is 5.78 Å². The molecule has 0 atom stereocenters. The maximum absolute atomic E-state index is 13.4. The lowest BCUT2D eigenvalue weighted by atomic mass is 10.0. The first kappa shape index (κ1) is 21.8. The fourth-order valence-electron chi connectivity index (χ4n) is 4.32. The zero-order chi connectivity index (χ0) is 24.0. The Morgan fingerprint density at radius 3 is 2.53 bits per heavy atom. The lowest BCUT2D eigenvalue weighted by Crippen LogP contribution is -2.15. The number of ketones is 1. The van der Waals surface area contributed by atoms with E-state index in [4.69, 9.17) is 4.74 Å². The van der Waals surface area contributed by atoms with E-state index in [9.17, 15) is 14.4 Å². The van der Waals surface area contributed by atoms with Gasteiger partial charge in [-0.3, -0.25) is 9.59 Å². The van der Waals surface area contributed by atoms with Gasteiger partial charge in [0.25, 0.3) is 5.56 Å². The number of benzene rings is 2. The van der Waals surface area contributed by atoms with E-state index < -0.39 is 12.6 Å². The molecule has 8 heteroatoms. The van der Waals surface area contributed by atoms with Crippen LogP contribution in [-0.4, -0.2) is 32.9 Å². The van der Waals surface area contributed by atoms with E-state index in [1.165, 1.54) is 0 Å². The van der Waals surface area contributed by atoms with Crippen molar-refractivity contribution >= 4 is 44.2 Å². The number of para-hydroxylation sites is 1. The van der Waals surface area contributed by atoms with Crippen molar-refractivity contribution in [3.63, 3.8) is 0 Å². The van der Waals surface area contributed by atoms with Gasteiger partial charge >= 0.3 is 5.97 Å². The molecule has 0 amide bonds. The number of aromatic nitrogens is 3. The van der Waals surface area contributed by atoms with Crippen molar-refractivity contribution in [2.24, 2.45) is 7.05 Å². The third-order valence-corrected chi connectivity index (χ3v) is 7.04. The summed E-state index contributed by atoms with van der Waals surface area (Å²) in [6, 6.07) is 17.3. The number of fused-ring (bicyclic) bond motifs is 2. The van der Waals surface area contributed by atoms with E-state index in [2.05, 4.69) is 9.97 Å².